The first-order valence-corrected chi connectivity index (χ1v) is 9.65. The normalized spacial score (nSPS) is 24.7. The summed E-state index contributed by atoms with van der Waals surface area (Å²) >= 11 is 7.15. The van der Waals surface area contributed by atoms with Crippen LogP contribution in [0.3, 0.4) is 0 Å². The van der Waals surface area contributed by atoms with Crippen molar-refractivity contribution >= 4 is 29.3 Å². The Morgan fingerprint density at radius 1 is 1.26 bits per heavy atom. The summed E-state index contributed by atoms with van der Waals surface area (Å²) in [6.45, 7) is 0. The molecule has 0 bridgehead atoms. The molecule has 136 valence electrons. The minimum Gasteiger partial charge on any atom is -0.366 e. The fourth-order valence-electron chi connectivity index (χ4n) is 3.58. The van der Waals surface area contributed by atoms with Gasteiger partial charge in [0.2, 0.25) is 5.91 Å². The smallest absolute Gasteiger partial charge is 0.231 e. The van der Waals surface area contributed by atoms with Gasteiger partial charge in [-0.2, -0.15) is 5.26 Å². The van der Waals surface area contributed by atoms with Gasteiger partial charge in [0.15, 0.2) is 5.72 Å². The molecule has 4 rings (SSSR count). The van der Waals surface area contributed by atoms with Crippen molar-refractivity contribution in [2.24, 2.45) is 0 Å². The molecule has 1 fully saturated rings. The van der Waals surface area contributed by atoms with E-state index in [1.807, 2.05) is 0 Å². The van der Waals surface area contributed by atoms with E-state index >= 15 is 0 Å². The standard InChI is InChI=1S/C20H14ClFN2O2S/c21-13-7-5-12(6-8-13)20(26)11-27-19-16(10-23)15(9-18(25)24(19)20)14-3-1-2-4-17(14)22/h1-8,15,26H,9,11H2/t15-,20+/m1/s1. The van der Waals surface area contributed by atoms with Crippen molar-refractivity contribution in [1.29, 1.82) is 5.26 Å². The van der Waals surface area contributed by atoms with Gasteiger partial charge in [-0.25, -0.2) is 4.39 Å². The van der Waals surface area contributed by atoms with E-state index in [1.54, 1.807) is 42.5 Å². The minimum absolute atomic E-state index is 0.0796. The third kappa shape index (κ3) is 2.83. The van der Waals surface area contributed by atoms with E-state index in [4.69, 9.17) is 11.6 Å². The molecule has 0 unspecified atom stereocenters. The van der Waals surface area contributed by atoms with E-state index in [0.717, 1.165) is 0 Å². The highest BCUT2D eigenvalue weighted by Gasteiger charge is 2.52. The molecule has 2 aromatic rings. The summed E-state index contributed by atoms with van der Waals surface area (Å²) in [5.41, 5.74) is -0.430. The van der Waals surface area contributed by atoms with Gasteiger partial charge >= 0.3 is 0 Å². The summed E-state index contributed by atoms with van der Waals surface area (Å²) in [7, 11) is 0. The van der Waals surface area contributed by atoms with Crippen LogP contribution < -0.4 is 0 Å². The van der Waals surface area contributed by atoms with Crippen LogP contribution in [-0.2, 0) is 10.5 Å². The van der Waals surface area contributed by atoms with Crippen LogP contribution in [0.5, 0.6) is 0 Å². The Morgan fingerprint density at radius 2 is 1.96 bits per heavy atom. The molecule has 0 radical (unpaired) electrons. The summed E-state index contributed by atoms with van der Waals surface area (Å²) in [5, 5.41) is 21.9. The topological polar surface area (TPSA) is 64.3 Å². The second-order valence-corrected chi connectivity index (χ2v) is 7.85. The second kappa shape index (κ2) is 6.68. The molecule has 27 heavy (non-hydrogen) atoms. The van der Waals surface area contributed by atoms with Crippen molar-refractivity contribution in [2.45, 2.75) is 18.1 Å². The Balaban J connectivity index is 1.83. The lowest BCUT2D eigenvalue weighted by molar-refractivity contribution is -0.149. The van der Waals surface area contributed by atoms with Gasteiger partial charge in [-0.15, -0.1) is 11.8 Å². The van der Waals surface area contributed by atoms with E-state index in [2.05, 4.69) is 6.07 Å². The summed E-state index contributed by atoms with van der Waals surface area (Å²) in [5.74, 6) is -1.27. The van der Waals surface area contributed by atoms with E-state index < -0.39 is 17.5 Å². The zero-order chi connectivity index (χ0) is 19.2. The second-order valence-electron chi connectivity index (χ2n) is 6.45. The Bertz CT molecular complexity index is 1000. The van der Waals surface area contributed by atoms with Crippen LogP contribution in [0, 0.1) is 17.1 Å². The summed E-state index contributed by atoms with van der Waals surface area (Å²) in [4.78, 5) is 14.2. The number of thioether (sulfide) groups is 1. The maximum absolute atomic E-state index is 14.3. The Morgan fingerprint density at radius 3 is 2.63 bits per heavy atom. The summed E-state index contributed by atoms with van der Waals surface area (Å²) in [6, 6.07) is 14.9. The van der Waals surface area contributed by atoms with Crippen LogP contribution in [0.15, 0.2) is 59.1 Å². The van der Waals surface area contributed by atoms with Crippen molar-refractivity contribution in [2.75, 3.05) is 5.75 Å². The third-order valence-electron chi connectivity index (χ3n) is 4.90. The lowest BCUT2D eigenvalue weighted by atomic mass is 9.85. The van der Waals surface area contributed by atoms with E-state index in [9.17, 15) is 19.6 Å². The van der Waals surface area contributed by atoms with Gasteiger partial charge in [-0.1, -0.05) is 41.9 Å². The molecule has 0 aliphatic carbocycles. The predicted molar refractivity (Wildman–Crippen MR) is 101 cm³/mol. The van der Waals surface area contributed by atoms with Gasteiger partial charge in [-0.3, -0.25) is 9.69 Å². The van der Waals surface area contributed by atoms with Crippen molar-refractivity contribution < 1.29 is 14.3 Å². The van der Waals surface area contributed by atoms with E-state index in [0.29, 0.717) is 26.8 Å². The highest BCUT2D eigenvalue weighted by molar-refractivity contribution is 8.03. The summed E-state index contributed by atoms with van der Waals surface area (Å²) < 4.78 is 14.3. The lowest BCUT2D eigenvalue weighted by Gasteiger charge is -2.38. The number of rotatable bonds is 2. The van der Waals surface area contributed by atoms with Crippen molar-refractivity contribution in [3.8, 4) is 6.07 Å². The first-order valence-electron chi connectivity index (χ1n) is 8.28. The number of allylic oxidation sites excluding steroid dienone is 1. The van der Waals surface area contributed by atoms with Crippen LogP contribution in [0.25, 0.3) is 0 Å². The van der Waals surface area contributed by atoms with Crippen molar-refractivity contribution in [3.05, 3.63) is 81.1 Å². The monoisotopic (exact) mass is 400 g/mol. The highest BCUT2D eigenvalue weighted by atomic mass is 35.5. The van der Waals surface area contributed by atoms with Crippen molar-refractivity contribution in [3.63, 3.8) is 0 Å². The zero-order valence-electron chi connectivity index (χ0n) is 14.0. The van der Waals surface area contributed by atoms with Gasteiger partial charge in [0, 0.05) is 22.9 Å². The van der Waals surface area contributed by atoms with E-state index in [-0.39, 0.29) is 18.1 Å². The quantitative estimate of drug-likeness (QED) is 0.823. The van der Waals surface area contributed by atoms with E-state index in [1.165, 1.54) is 22.7 Å². The molecule has 2 aliphatic rings. The fourth-order valence-corrected chi connectivity index (χ4v) is 5.06. The SMILES string of the molecule is N#CC1=C2SC[C@](O)(c3ccc(Cl)cc3)N2C(=O)C[C@@H]1c1ccccc1F. The first kappa shape index (κ1) is 18.1. The average molecular weight is 401 g/mol. The van der Waals surface area contributed by atoms with Crippen LogP contribution in [0.2, 0.25) is 5.02 Å². The van der Waals surface area contributed by atoms with Crippen molar-refractivity contribution in [1.82, 2.24) is 4.90 Å². The fraction of sp³-hybridized carbons (Fsp3) is 0.200. The molecule has 0 aromatic heterocycles. The van der Waals surface area contributed by atoms with Crippen LogP contribution in [0.1, 0.15) is 23.5 Å². The first-order chi connectivity index (χ1) is 13.0. The molecular formula is C20H14ClFN2O2S. The molecular weight excluding hydrogens is 387 g/mol. The number of halogens is 2. The molecule has 0 saturated carbocycles. The molecule has 7 heteroatoms. The number of hydrogen-bond donors (Lipinski definition) is 1. The molecule has 1 saturated heterocycles. The lowest BCUT2D eigenvalue weighted by Crippen LogP contribution is -2.48. The summed E-state index contributed by atoms with van der Waals surface area (Å²) in [6.07, 6.45) is -0.0796. The molecule has 2 aliphatic heterocycles. The van der Waals surface area contributed by atoms with Crippen LogP contribution in [-0.4, -0.2) is 21.7 Å². The third-order valence-corrected chi connectivity index (χ3v) is 6.37. The number of nitrogens with zero attached hydrogens (tertiary/aromatic N) is 2. The highest BCUT2D eigenvalue weighted by Crippen LogP contribution is 2.51. The molecule has 0 spiro atoms. The van der Waals surface area contributed by atoms with Crippen LogP contribution >= 0.6 is 23.4 Å². The zero-order valence-corrected chi connectivity index (χ0v) is 15.6. The number of fused-ring (bicyclic) bond motifs is 1. The minimum atomic E-state index is -1.57. The molecule has 2 heterocycles. The van der Waals surface area contributed by atoms with Gasteiger partial charge in [0.1, 0.15) is 5.82 Å². The van der Waals surface area contributed by atoms with Gasteiger partial charge < -0.3 is 5.11 Å². The molecule has 2 aromatic carbocycles. The maximum atomic E-state index is 14.3. The van der Waals surface area contributed by atoms with Gasteiger partial charge in [-0.05, 0) is 23.8 Å². The Labute approximate surface area is 164 Å². The van der Waals surface area contributed by atoms with Gasteiger partial charge in [0.05, 0.1) is 22.4 Å². The number of carbonyl (C=O) groups excluding carboxylic acids is 1. The Hall–Kier alpha value is -2.33. The number of carbonyl (C=O) groups is 1. The number of hydrogen-bond acceptors (Lipinski definition) is 4. The van der Waals surface area contributed by atoms with Gasteiger partial charge in [0.25, 0.3) is 0 Å². The molecule has 1 amide bonds. The average Bonchev–Trinajstić information content (AvgIpc) is 3.02. The van der Waals surface area contributed by atoms with Crippen LogP contribution in [0.4, 0.5) is 4.39 Å². The number of aliphatic hydroxyl groups is 1. The number of benzene rings is 2. The maximum Gasteiger partial charge on any atom is 0.231 e. The largest absolute Gasteiger partial charge is 0.366 e. The predicted octanol–water partition coefficient (Wildman–Crippen LogP) is 4.12. The molecule has 1 N–H and O–H groups in total. The Kier molecular flexibility index (Phi) is 4.47. The number of amides is 1. The number of nitriles is 1. The molecule has 4 nitrogen and oxygen atoms in total. The molecule has 2 atom stereocenters.